The molecule has 4 heteroatoms. The molecule has 2 atom stereocenters. The number of aryl methyl sites for hydroxylation is 2. The fraction of sp³-hybridized carbons (Fsp3) is 0.433. The molecule has 1 aliphatic heterocycles. The summed E-state index contributed by atoms with van der Waals surface area (Å²) in [6.45, 7) is 15.2. The molecule has 4 nitrogen and oxygen atoms in total. The van der Waals surface area contributed by atoms with Crippen molar-refractivity contribution in [3.8, 4) is 5.69 Å². The molecule has 3 aromatic rings. The minimum atomic E-state index is -0.222. The summed E-state index contributed by atoms with van der Waals surface area (Å²) in [5.74, 6) is 0.894. The van der Waals surface area contributed by atoms with Gasteiger partial charge in [0, 0.05) is 29.0 Å². The molecule has 0 amide bonds. The van der Waals surface area contributed by atoms with Crippen LogP contribution in [0.3, 0.4) is 0 Å². The number of hydrogen-bond donors (Lipinski definition) is 0. The summed E-state index contributed by atoms with van der Waals surface area (Å²) in [4.78, 5) is 18.9. The lowest BCUT2D eigenvalue weighted by Gasteiger charge is -2.41. The standard InChI is InChI=1S/C30H35N3O/c1-18-8-12-20(13-9-18)24-25-22(16-30(6,7)17-23(25)34)31-28-26(24)27(29(3,4)5)32-33(28)21-14-10-19(2)11-15-21/h8-15,24-25H,16-17H2,1-7H3. The van der Waals surface area contributed by atoms with E-state index in [1.807, 2.05) is 4.68 Å². The van der Waals surface area contributed by atoms with Gasteiger partial charge in [0.15, 0.2) is 5.82 Å². The number of benzene rings is 2. The van der Waals surface area contributed by atoms with Crippen LogP contribution in [-0.2, 0) is 10.2 Å². The first-order chi connectivity index (χ1) is 15.9. The van der Waals surface area contributed by atoms with Crippen LogP contribution < -0.4 is 0 Å². The SMILES string of the molecule is Cc1ccc(C2c3c(C(C)(C)C)nn(-c4ccc(C)cc4)c3N=C3CC(C)(C)CC(=O)C32)cc1. The molecule has 0 spiro atoms. The van der Waals surface area contributed by atoms with Crippen LogP contribution in [0.1, 0.15) is 81.3 Å². The molecular weight excluding hydrogens is 418 g/mol. The highest BCUT2D eigenvalue weighted by Gasteiger charge is 2.48. The van der Waals surface area contributed by atoms with Crippen molar-refractivity contribution in [2.75, 3.05) is 0 Å². The van der Waals surface area contributed by atoms with Gasteiger partial charge in [-0.15, -0.1) is 0 Å². The van der Waals surface area contributed by atoms with Crippen LogP contribution in [0.25, 0.3) is 5.69 Å². The molecule has 1 saturated carbocycles. The van der Waals surface area contributed by atoms with E-state index < -0.39 is 0 Å². The zero-order valence-corrected chi connectivity index (χ0v) is 21.4. The lowest BCUT2D eigenvalue weighted by atomic mass is 9.63. The summed E-state index contributed by atoms with van der Waals surface area (Å²) >= 11 is 0. The maximum Gasteiger partial charge on any atom is 0.159 e. The van der Waals surface area contributed by atoms with Gasteiger partial charge in [0.05, 0.1) is 17.3 Å². The number of carbonyl (C=O) groups is 1. The molecule has 176 valence electrons. The summed E-state index contributed by atoms with van der Waals surface area (Å²) in [6, 6.07) is 17.1. The summed E-state index contributed by atoms with van der Waals surface area (Å²) in [5, 5.41) is 5.17. The zero-order chi connectivity index (χ0) is 24.4. The van der Waals surface area contributed by atoms with Crippen molar-refractivity contribution >= 4 is 17.3 Å². The van der Waals surface area contributed by atoms with Gasteiger partial charge in [-0.05, 0) is 43.4 Å². The second-order valence-corrected chi connectivity index (χ2v) is 12.0. The van der Waals surface area contributed by atoms with Gasteiger partial charge < -0.3 is 0 Å². The number of aromatic nitrogens is 2. The van der Waals surface area contributed by atoms with Crippen molar-refractivity contribution in [1.29, 1.82) is 0 Å². The maximum atomic E-state index is 13.7. The molecule has 2 aliphatic rings. The molecule has 2 unspecified atom stereocenters. The van der Waals surface area contributed by atoms with Gasteiger partial charge in [0.1, 0.15) is 5.78 Å². The third kappa shape index (κ3) is 3.83. The topological polar surface area (TPSA) is 47.2 Å². The van der Waals surface area contributed by atoms with Crippen molar-refractivity contribution in [2.45, 2.75) is 72.6 Å². The van der Waals surface area contributed by atoms with E-state index in [1.165, 1.54) is 16.7 Å². The highest BCUT2D eigenvalue weighted by Crippen LogP contribution is 2.52. The Morgan fingerprint density at radius 3 is 2.06 bits per heavy atom. The molecule has 0 saturated heterocycles. The van der Waals surface area contributed by atoms with Crippen molar-refractivity contribution < 1.29 is 4.79 Å². The molecule has 2 heterocycles. The number of nitrogens with zero attached hydrogens (tertiary/aromatic N) is 3. The van der Waals surface area contributed by atoms with Crippen LogP contribution >= 0.6 is 0 Å². The molecule has 1 aromatic heterocycles. The first kappa shape index (κ1) is 22.8. The third-order valence-electron chi connectivity index (χ3n) is 7.23. The molecule has 0 radical (unpaired) electrons. The number of fused-ring (bicyclic) bond motifs is 2. The number of hydrogen-bond acceptors (Lipinski definition) is 3. The first-order valence-electron chi connectivity index (χ1n) is 12.3. The summed E-state index contributed by atoms with van der Waals surface area (Å²) in [5.41, 5.74) is 7.48. The summed E-state index contributed by atoms with van der Waals surface area (Å²) in [7, 11) is 0. The minimum absolute atomic E-state index is 0.0693. The zero-order valence-electron chi connectivity index (χ0n) is 21.4. The maximum absolute atomic E-state index is 13.7. The number of rotatable bonds is 2. The normalized spacial score (nSPS) is 21.6. The van der Waals surface area contributed by atoms with E-state index in [4.69, 9.17) is 10.1 Å². The van der Waals surface area contributed by atoms with Gasteiger partial charge in [0.25, 0.3) is 0 Å². The van der Waals surface area contributed by atoms with Crippen LogP contribution in [0.4, 0.5) is 5.82 Å². The lowest BCUT2D eigenvalue weighted by Crippen LogP contribution is -2.42. The second kappa shape index (κ2) is 7.76. The Morgan fingerprint density at radius 1 is 0.882 bits per heavy atom. The molecule has 34 heavy (non-hydrogen) atoms. The van der Waals surface area contributed by atoms with E-state index in [0.717, 1.165) is 34.9 Å². The Kier molecular flexibility index (Phi) is 5.20. The van der Waals surface area contributed by atoms with Crippen LogP contribution in [0, 0.1) is 25.2 Å². The monoisotopic (exact) mass is 453 g/mol. The molecular formula is C30H35N3O. The number of aliphatic imine (C=N–C) groups is 1. The van der Waals surface area contributed by atoms with E-state index in [1.54, 1.807) is 0 Å². The molecule has 5 rings (SSSR count). The van der Waals surface area contributed by atoms with Crippen LogP contribution in [0.15, 0.2) is 53.5 Å². The minimum Gasteiger partial charge on any atom is -0.299 e. The first-order valence-corrected chi connectivity index (χ1v) is 12.3. The van der Waals surface area contributed by atoms with E-state index >= 15 is 0 Å². The summed E-state index contributed by atoms with van der Waals surface area (Å²) in [6.07, 6.45) is 1.42. The Balaban J connectivity index is 1.83. The van der Waals surface area contributed by atoms with E-state index in [-0.39, 0.29) is 22.7 Å². The predicted octanol–water partition coefficient (Wildman–Crippen LogP) is 7.01. The van der Waals surface area contributed by atoms with Crippen LogP contribution in [0.2, 0.25) is 0 Å². The predicted molar refractivity (Wildman–Crippen MR) is 139 cm³/mol. The quantitative estimate of drug-likeness (QED) is 0.419. The van der Waals surface area contributed by atoms with E-state index in [9.17, 15) is 4.79 Å². The van der Waals surface area contributed by atoms with Crippen LogP contribution in [-0.4, -0.2) is 21.3 Å². The molecule has 2 aromatic carbocycles. The fourth-order valence-electron chi connectivity index (χ4n) is 5.59. The number of carbonyl (C=O) groups excluding carboxylic acids is 1. The van der Waals surface area contributed by atoms with Gasteiger partial charge >= 0.3 is 0 Å². The average Bonchev–Trinajstić information content (AvgIpc) is 3.12. The Labute approximate surface area is 203 Å². The average molecular weight is 454 g/mol. The van der Waals surface area contributed by atoms with Crippen LogP contribution in [0.5, 0.6) is 0 Å². The lowest BCUT2D eigenvalue weighted by molar-refractivity contribution is -0.124. The van der Waals surface area contributed by atoms with Gasteiger partial charge in [0.2, 0.25) is 0 Å². The Bertz CT molecular complexity index is 1280. The molecule has 1 aliphatic carbocycles. The van der Waals surface area contributed by atoms with E-state index in [2.05, 4.69) is 97.0 Å². The largest absolute Gasteiger partial charge is 0.299 e. The summed E-state index contributed by atoms with van der Waals surface area (Å²) < 4.78 is 2.01. The second-order valence-electron chi connectivity index (χ2n) is 12.0. The Hall–Kier alpha value is -3.01. The van der Waals surface area contributed by atoms with Crippen molar-refractivity contribution in [3.63, 3.8) is 0 Å². The Morgan fingerprint density at radius 2 is 1.47 bits per heavy atom. The van der Waals surface area contributed by atoms with Crippen molar-refractivity contribution in [3.05, 3.63) is 76.5 Å². The number of ketones is 1. The molecule has 0 bridgehead atoms. The van der Waals surface area contributed by atoms with E-state index in [0.29, 0.717) is 12.2 Å². The highest BCUT2D eigenvalue weighted by molar-refractivity contribution is 6.11. The van der Waals surface area contributed by atoms with Crippen molar-refractivity contribution in [1.82, 2.24) is 9.78 Å². The van der Waals surface area contributed by atoms with Gasteiger partial charge in [-0.2, -0.15) is 5.10 Å². The smallest absolute Gasteiger partial charge is 0.159 e. The molecule has 1 fully saturated rings. The number of Topliss-reactive ketones (excluding diaryl/α,β-unsaturated/α-hetero) is 1. The van der Waals surface area contributed by atoms with Gasteiger partial charge in [-0.3, -0.25) is 4.79 Å². The molecule has 0 N–H and O–H groups in total. The highest BCUT2D eigenvalue weighted by atomic mass is 16.1. The fourth-order valence-corrected chi connectivity index (χ4v) is 5.59. The van der Waals surface area contributed by atoms with Gasteiger partial charge in [-0.25, -0.2) is 9.67 Å². The third-order valence-corrected chi connectivity index (χ3v) is 7.23. The van der Waals surface area contributed by atoms with Gasteiger partial charge in [-0.1, -0.05) is 82.1 Å². The van der Waals surface area contributed by atoms with Crippen molar-refractivity contribution in [2.24, 2.45) is 16.3 Å².